The molecule has 0 radical (unpaired) electrons. The Bertz CT molecular complexity index is 756. The summed E-state index contributed by atoms with van der Waals surface area (Å²) in [5, 5.41) is 0. The first kappa shape index (κ1) is 21.2. The number of sulfonamides is 1. The quantitative estimate of drug-likeness (QED) is 0.779. The SMILES string of the molecule is CCOC(=O)N1CCN(C(=O)[C@@H](C)NS(=O)(=O)c2ccc(CC)cc2)CC1. The molecule has 9 heteroatoms. The lowest BCUT2D eigenvalue weighted by molar-refractivity contribution is -0.134. The summed E-state index contributed by atoms with van der Waals surface area (Å²) in [6.07, 6.45) is 0.425. The van der Waals surface area contributed by atoms with Crippen LogP contribution in [0.5, 0.6) is 0 Å². The Labute approximate surface area is 160 Å². The van der Waals surface area contributed by atoms with Crippen molar-refractivity contribution in [3.8, 4) is 0 Å². The van der Waals surface area contributed by atoms with Crippen LogP contribution in [-0.4, -0.2) is 69.0 Å². The second-order valence-corrected chi connectivity index (χ2v) is 8.07. The first-order valence-electron chi connectivity index (χ1n) is 9.10. The first-order chi connectivity index (χ1) is 12.8. The molecular formula is C18H27N3O5S. The van der Waals surface area contributed by atoms with Crippen LogP contribution in [0.15, 0.2) is 29.2 Å². The van der Waals surface area contributed by atoms with Crippen LogP contribution in [0.4, 0.5) is 4.79 Å². The van der Waals surface area contributed by atoms with Crippen molar-refractivity contribution < 1.29 is 22.7 Å². The number of hydrogen-bond donors (Lipinski definition) is 1. The highest BCUT2D eigenvalue weighted by Crippen LogP contribution is 2.13. The molecule has 2 amide bonds. The van der Waals surface area contributed by atoms with Crippen LogP contribution in [0.25, 0.3) is 0 Å². The first-order valence-corrected chi connectivity index (χ1v) is 10.6. The van der Waals surface area contributed by atoms with Crippen molar-refractivity contribution in [2.45, 2.75) is 38.1 Å². The molecule has 0 spiro atoms. The Morgan fingerprint density at radius 1 is 1.07 bits per heavy atom. The smallest absolute Gasteiger partial charge is 0.409 e. The molecule has 1 heterocycles. The monoisotopic (exact) mass is 397 g/mol. The summed E-state index contributed by atoms with van der Waals surface area (Å²) in [4.78, 5) is 27.5. The molecule has 1 saturated heterocycles. The molecule has 27 heavy (non-hydrogen) atoms. The van der Waals surface area contributed by atoms with Crippen LogP contribution in [0.2, 0.25) is 0 Å². The van der Waals surface area contributed by atoms with Crippen molar-refractivity contribution in [2.75, 3.05) is 32.8 Å². The molecular weight excluding hydrogens is 370 g/mol. The number of benzene rings is 1. The van der Waals surface area contributed by atoms with Gasteiger partial charge in [0.25, 0.3) is 0 Å². The Morgan fingerprint density at radius 2 is 1.63 bits per heavy atom. The van der Waals surface area contributed by atoms with Crippen molar-refractivity contribution in [3.05, 3.63) is 29.8 Å². The Kier molecular flexibility index (Phi) is 7.20. The van der Waals surface area contributed by atoms with E-state index < -0.39 is 22.2 Å². The van der Waals surface area contributed by atoms with E-state index in [1.54, 1.807) is 24.0 Å². The van der Waals surface area contributed by atoms with E-state index in [-0.39, 0.29) is 10.8 Å². The molecule has 8 nitrogen and oxygen atoms in total. The van der Waals surface area contributed by atoms with E-state index in [1.807, 2.05) is 6.92 Å². The fourth-order valence-corrected chi connectivity index (χ4v) is 4.05. The van der Waals surface area contributed by atoms with Gasteiger partial charge in [0.2, 0.25) is 15.9 Å². The van der Waals surface area contributed by atoms with Gasteiger partial charge in [0.15, 0.2) is 0 Å². The van der Waals surface area contributed by atoms with Crippen molar-refractivity contribution in [3.63, 3.8) is 0 Å². The van der Waals surface area contributed by atoms with Crippen molar-refractivity contribution >= 4 is 22.0 Å². The van der Waals surface area contributed by atoms with Crippen LogP contribution < -0.4 is 4.72 Å². The van der Waals surface area contributed by atoms with Gasteiger partial charge in [-0.15, -0.1) is 0 Å². The van der Waals surface area contributed by atoms with Gasteiger partial charge in [-0.05, 0) is 38.0 Å². The van der Waals surface area contributed by atoms with Crippen LogP contribution in [0.1, 0.15) is 26.3 Å². The zero-order chi connectivity index (χ0) is 20.0. The van der Waals surface area contributed by atoms with Gasteiger partial charge in [-0.3, -0.25) is 4.79 Å². The number of aryl methyl sites for hydroxylation is 1. The van der Waals surface area contributed by atoms with E-state index in [9.17, 15) is 18.0 Å². The lowest BCUT2D eigenvalue weighted by Gasteiger charge is -2.35. The lowest BCUT2D eigenvalue weighted by Crippen LogP contribution is -2.55. The number of hydrogen-bond acceptors (Lipinski definition) is 5. The van der Waals surface area contributed by atoms with Crippen molar-refractivity contribution in [1.29, 1.82) is 0 Å². The normalized spacial score (nSPS) is 16.1. The maximum absolute atomic E-state index is 12.6. The molecule has 1 aromatic rings. The number of nitrogens with zero attached hydrogens (tertiary/aromatic N) is 2. The summed E-state index contributed by atoms with van der Waals surface area (Å²) in [7, 11) is -3.78. The zero-order valence-electron chi connectivity index (χ0n) is 16.0. The Hall–Kier alpha value is -2.13. The highest BCUT2D eigenvalue weighted by Gasteiger charge is 2.29. The topological polar surface area (TPSA) is 96.0 Å². The predicted octanol–water partition coefficient (Wildman–Crippen LogP) is 1.22. The van der Waals surface area contributed by atoms with E-state index in [1.165, 1.54) is 24.0 Å². The second kappa shape index (κ2) is 9.18. The third kappa shape index (κ3) is 5.43. The van der Waals surface area contributed by atoms with Gasteiger partial charge in [0.05, 0.1) is 17.5 Å². The number of rotatable bonds is 6. The number of carbonyl (C=O) groups excluding carboxylic acids is 2. The average molecular weight is 397 g/mol. The Morgan fingerprint density at radius 3 is 2.15 bits per heavy atom. The molecule has 1 fully saturated rings. The van der Waals surface area contributed by atoms with Gasteiger partial charge in [-0.25, -0.2) is 13.2 Å². The summed E-state index contributed by atoms with van der Waals surface area (Å²) < 4.78 is 32.4. The minimum absolute atomic E-state index is 0.131. The van der Waals surface area contributed by atoms with Gasteiger partial charge >= 0.3 is 6.09 Å². The second-order valence-electron chi connectivity index (χ2n) is 6.35. The fraction of sp³-hybridized carbons (Fsp3) is 0.556. The van der Waals surface area contributed by atoms with E-state index in [0.717, 1.165) is 12.0 Å². The lowest BCUT2D eigenvalue weighted by atomic mass is 10.2. The zero-order valence-corrected chi connectivity index (χ0v) is 16.8. The van der Waals surface area contributed by atoms with E-state index in [0.29, 0.717) is 32.8 Å². The molecule has 1 aromatic carbocycles. The maximum atomic E-state index is 12.6. The van der Waals surface area contributed by atoms with Crippen LogP contribution in [0.3, 0.4) is 0 Å². The number of amides is 2. The molecule has 0 aliphatic carbocycles. The van der Waals surface area contributed by atoms with Crippen molar-refractivity contribution in [1.82, 2.24) is 14.5 Å². The molecule has 0 unspecified atom stereocenters. The molecule has 0 saturated carbocycles. The van der Waals surface area contributed by atoms with Gasteiger partial charge in [-0.2, -0.15) is 4.72 Å². The summed E-state index contributed by atoms with van der Waals surface area (Å²) in [6, 6.07) is 5.70. The molecule has 150 valence electrons. The van der Waals surface area contributed by atoms with Gasteiger partial charge < -0.3 is 14.5 Å². The fourth-order valence-electron chi connectivity index (χ4n) is 2.85. The highest BCUT2D eigenvalue weighted by molar-refractivity contribution is 7.89. The largest absolute Gasteiger partial charge is 0.450 e. The van der Waals surface area contributed by atoms with Gasteiger partial charge in [0, 0.05) is 26.2 Å². The van der Waals surface area contributed by atoms with Crippen LogP contribution in [0, 0.1) is 0 Å². The van der Waals surface area contributed by atoms with E-state index in [2.05, 4.69) is 4.72 Å². The predicted molar refractivity (Wildman–Crippen MR) is 101 cm³/mol. The molecule has 0 bridgehead atoms. The third-order valence-corrected chi connectivity index (χ3v) is 6.02. The van der Waals surface area contributed by atoms with E-state index >= 15 is 0 Å². The minimum atomic E-state index is -3.78. The molecule has 2 rings (SSSR count). The molecule has 1 aliphatic heterocycles. The standard InChI is InChI=1S/C18H27N3O5S/c1-4-15-6-8-16(9-7-15)27(24,25)19-14(3)17(22)20-10-12-21(13-11-20)18(23)26-5-2/h6-9,14,19H,4-5,10-13H2,1-3H3/t14-/m1/s1. The molecule has 1 atom stereocenters. The van der Waals surface area contributed by atoms with Crippen molar-refractivity contribution in [2.24, 2.45) is 0 Å². The molecule has 1 N–H and O–H groups in total. The van der Waals surface area contributed by atoms with E-state index in [4.69, 9.17) is 4.74 Å². The number of carbonyl (C=O) groups is 2. The number of piperazine rings is 1. The van der Waals surface area contributed by atoms with Crippen LogP contribution >= 0.6 is 0 Å². The molecule has 0 aromatic heterocycles. The summed E-state index contributed by atoms with van der Waals surface area (Å²) in [5.74, 6) is -0.313. The van der Waals surface area contributed by atoms with Gasteiger partial charge in [-0.1, -0.05) is 19.1 Å². The number of nitrogens with one attached hydrogen (secondary N) is 1. The summed E-state index contributed by atoms with van der Waals surface area (Å²) >= 11 is 0. The van der Waals surface area contributed by atoms with Crippen LogP contribution in [-0.2, 0) is 26.0 Å². The maximum Gasteiger partial charge on any atom is 0.409 e. The molecule has 1 aliphatic rings. The summed E-state index contributed by atoms with van der Waals surface area (Å²) in [6.45, 7) is 6.97. The highest BCUT2D eigenvalue weighted by atomic mass is 32.2. The number of ether oxygens (including phenoxy) is 1. The third-order valence-electron chi connectivity index (χ3n) is 4.46. The minimum Gasteiger partial charge on any atom is -0.450 e. The van der Waals surface area contributed by atoms with Gasteiger partial charge in [0.1, 0.15) is 0 Å². The summed E-state index contributed by atoms with van der Waals surface area (Å²) in [5.41, 5.74) is 1.04. The average Bonchev–Trinajstić information content (AvgIpc) is 2.67. The Balaban J connectivity index is 1.94.